The van der Waals surface area contributed by atoms with E-state index >= 15 is 0 Å². The molecule has 7 nitrogen and oxygen atoms in total. The molecule has 0 aromatic carbocycles. The predicted molar refractivity (Wildman–Crippen MR) is 73.2 cm³/mol. The molecule has 1 saturated heterocycles. The van der Waals surface area contributed by atoms with Crippen LogP contribution >= 0.6 is 0 Å². The molecule has 3 heterocycles. The lowest BCUT2D eigenvalue weighted by molar-refractivity contribution is 0.0712. The summed E-state index contributed by atoms with van der Waals surface area (Å²) in [5.74, 6) is 0.848. The molecule has 3 rings (SSSR count). The summed E-state index contributed by atoms with van der Waals surface area (Å²) in [6.07, 6.45) is 6.65. The van der Waals surface area contributed by atoms with Crippen molar-refractivity contribution < 1.29 is 4.79 Å². The summed E-state index contributed by atoms with van der Waals surface area (Å²) >= 11 is 0. The van der Waals surface area contributed by atoms with Gasteiger partial charge in [0.1, 0.15) is 17.8 Å². The van der Waals surface area contributed by atoms with Crippen LogP contribution in [0.4, 0.5) is 5.82 Å². The molecule has 2 aromatic rings. The van der Waals surface area contributed by atoms with Gasteiger partial charge in [-0.25, -0.2) is 9.97 Å². The maximum atomic E-state index is 12.1. The Morgan fingerprint density at radius 3 is 2.80 bits per heavy atom. The van der Waals surface area contributed by atoms with Crippen LogP contribution in [0.2, 0.25) is 0 Å². The highest BCUT2D eigenvalue weighted by Crippen LogP contribution is 2.16. The van der Waals surface area contributed by atoms with Crippen LogP contribution in [0.3, 0.4) is 0 Å². The van der Waals surface area contributed by atoms with Gasteiger partial charge in [0.2, 0.25) is 0 Å². The normalized spacial score (nSPS) is 16.1. The number of H-pyrrole nitrogens is 1. The first kappa shape index (κ1) is 12.6. The summed E-state index contributed by atoms with van der Waals surface area (Å²) in [5, 5.41) is 9.89. The Balaban J connectivity index is 1.53. The average molecular weight is 272 g/mol. The number of nitrogens with zero attached hydrogens (tertiary/aromatic N) is 4. The van der Waals surface area contributed by atoms with Crippen LogP contribution in [0.5, 0.6) is 0 Å². The zero-order chi connectivity index (χ0) is 13.8. The zero-order valence-electron chi connectivity index (χ0n) is 11.0. The van der Waals surface area contributed by atoms with Crippen molar-refractivity contribution >= 4 is 11.7 Å². The van der Waals surface area contributed by atoms with Gasteiger partial charge in [0.15, 0.2) is 0 Å². The van der Waals surface area contributed by atoms with Gasteiger partial charge in [-0.3, -0.25) is 9.89 Å². The van der Waals surface area contributed by atoms with E-state index in [0.717, 1.165) is 31.7 Å². The van der Waals surface area contributed by atoms with Crippen molar-refractivity contribution in [3.05, 3.63) is 36.5 Å². The number of aromatic amines is 1. The fourth-order valence-corrected chi connectivity index (χ4v) is 2.36. The molecule has 0 bridgehead atoms. The van der Waals surface area contributed by atoms with Crippen molar-refractivity contribution in [3.8, 4) is 0 Å². The van der Waals surface area contributed by atoms with Crippen LogP contribution in [0.1, 0.15) is 23.3 Å². The van der Waals surface area contributed by atoms with Gasteiger partial charge in [0.25, 0.3) is 5.91 Å². The summed E-state index contributed by atoms with van der Waals surface area (Å²) in [4.78, 5) is 22.0. The van der Waals surface area contributed by atoms with Gasteiger partial charge in [-0.15, -0.1) is 0 Å². The van der Waals surface area contributed by atoms with E-state index in [2.05, 4.69) is 25.5 Å². The summed E-state index contributed by atoms with van der Waals surface area (Å²) in [5.41, 5.74) is 0.548. The number of aromatic nitrogens is 4. The van der Waals surface area contributed by atoms with Gasteiger partial charge >= 0.3 is 0 Å². The maximum Gasteiger partial charge on any atom is 0.271 e. The lowest BCUT2D eigenvalue weighted by Crippen LogP contribution is -2.42. The van der Waals surface area contributed by atoms with E-state index < -0.39 is 0 Å². The third-order valence-electron chi connectivity index (χ3n) is 3.45. The molecule has 0 atom stereocenters. The van der Waals surface area contributed by atoms with Gasteiger partial charge < -0.3 is 10.2 Å². The smallest absolute Gasteiger partial charge is 0.271 e. The molecule has 0 spiro atoms. The number of carbonyl (C=O) groups is 1. The van der Waals surface area contributed by atoms with E-state index in [0.29, 0.717) is 11.7 Å². The monoisotopic (exact) mass is 272 g/mol. The zero-order valence-corrected chi connectivity index (χ0v) is 11.0. The SMILES string of the molecule is O=C(c1ccn[nH]1)N1CCC(Nc2ccncn2)CC1. The van der Waals surface area contributed by atoms with Gasteiger partial charge in [-0.2, -0.15) is 5.10 Å². The Labute approximate surface area is 116 Å². The Kier molecular flexibility index (Phi) is 3.58. The number of piperidine rings is 1. The number of nitrogens with one attached hydrogen (secondary N) is 2. The molecule has 2 N–H and O–H groups in total. The van der Waals surface area contributed by atoms with E-state index in [4.69, 9.17) is 0 Å². The summed E-state index contributed by atoms with van der Waals surface area (Å²) in [6.45, 7) is 1.47. The molecule has 1 aliphatic heterocycles. The highest BCUT2D eigenvalue weighted by Gasteiger charge is 2.24. The molecule has 0 unspecified atom stereocenters. The second kappa shape index (κ2) is 5.68. The van der Waals surface area contributed by atoms with Crippen LogP contribution in [0.15, 0.2) is 30.9 Å². The van der Waals surface area contributed by atoms with Gasteiger partial charge in [-0.05, 0) is 25.0 Å². The number of rotatable bonds is 3. The molecule has 0 aliphatic carbocycles. The standard InChI is InChI=1S/C13H16N6O/c20-13(11-1-6-16-18-11)19-7-3-10(4-8-19)17-12-2-5-14-9-15-12/h1-2,5-6,9-10H,3-4,7-8H2,(H,16,18)(H,14,15,17). The van der Waals surface area contributed by atoms with Crippen molar-refractivity contribution in [2.45, 2.75) is 18.9 Å². The fourth-order valence-electron chi connectivity index (χ4n) is 2.36. The second-order valence-corrected chi connectivity index (χ2v) is 4.78. The van der Waals surface area contributed by atoms with E-state index in [9.17, 15) is 4.79 Å². The molecular formula is C13H16N6O. The van der Waals surface area contributed by atoms with E-state index in [1.54, 1.807) is 18.5 Å². The lowest BCUT2D eigenvalue weighted by atomic mass is 10.0. The van der Waals surface area contributed by atoms with Crippen LogP contribution in [0, 0.1) is 0 Å². The number of anilines is 1. The van der Waals surface area contributed by atoms with Crippen molar-refractivity contribution in [1.82, 2.24) is 25.1 Å². The Bertz CT molecular complexity index is 548. The minimum Gasteiger partial charge on any atom is -0.367 e. The van der Waals surface area contributed by atoms with Crippen LogP contribution in [-0.4, -0.2) is 50.1 Å². The summed E-state index contributed by atoms with van der Waals surface area (Å²) < 4.78 is 0. The lowest BCUT2D eigenvalue weighted by Gasteiger charge is -2.32. The number of hydrogen-bond donors (Lipinski definition) is 2. The van der Waals surface area contributed by atoms with Crippen molar-refractivity contribution in [2.24, 2.45) is 0 Å². The van der Waals surface area contributed by atoms with Crippen LogP contribution < -0.4 is 5.32 Å². The maximum absolute atomic E-state index is 12.1. The van der Waals surface area contributed by atoms with Crippen molar-refractivity contribution in [1.29, 1.82) is 0 Å². The molecule has 20 heavy (non-hydrogen) atoms. The highest BCUT2D eigenvalue weighted by atomic mass is 16.2. The van der Waals surface area contributed by atoms with E-state index in [1.807, 2.05) is 11.0 Å². The molecule has 104 valence electrons. The summed E-state index contributed by atoms with van der Waals surface area (Å²) in [6, 6.07) is 3.89. The molecule has 0 radical (unpaired) electrons. The molecular weight excluding hydrogens is 256 g/mol. The third-order valence-corrected chi connectivity index (χ3v) is 3.45. The molecule has 0 saturated carbocycles. The van der Waals surface area contributed by atoms with Crippen molar-refractivity contribution in [2.75, 3.05) is 18.4 Å². The largest absolute Gasteiger partial charge is 0.367 e. The van der Waals surface area contributed by atoms with Crippen molar-refractivity contribution in [3.63, 3.8) is 0 Å². The first-order chi connectivity index (χ1) is 9.83. The van der Waals surface area contributed by atoms with E-state index in [1.165, 1.54) is 6.33 Å². The van der Waals surface area contributed by atoms with E-state index in [-0.39, 0.29) is 5.91 Å². The fraction of sp³-hybridized carbons (Fsp3) is 0.385. The minimum absolute atomic E-state index is 0.0167. The first-order valence-electron chi connectivity index (χ1n) is 6.64. The van der Waals surface area contributed by atoms with Gasteiger partial charge in [0.05, 0.1) is 0 Å². The topological polar surface area (TPSA) is 86.8 Å². The molecule has 1 amide bonds. The number of hydrogen-bond acceptors (Lipinski definition) is 5. The molecule has 1 aliphatic rings. The molecule has 2 aromatic heterocycles. The third kappa shape index (κ3) is 2.76. The number of amides is 1. The molecule has 1 fully saturated rings. The van der Waals surface area contributed by atoms with Crippen LogP contribution in [-0.2, 0) is 0 Å². The second-order valence-electron chi connectivity index (χ2n) is 4.78. The average Bonchev–Trinajstić information content (AvgIpc) is 3.03. The van der Waals surface area contributed by atoms with Gasteiger partial charge in [-0.1, -0.05) is 0 Å². The number of likely N-dealkylation sites (tertiary alicyclic amines) is 1. The minimum atomic E-state index is 0.0167. The van der Waals surface area contributed by atoms with Gasteiger partial charge in [0, 0.05) is 31.5 Å². The van der Waals surface area contributed by atoms with Crippen LogP contribution in [0.25, 0.3) is 0 Å². The first-order valence-corrected chi connectivity index (χ1v) is 6.64. The molecule has 7 heteroatoms. The highest BCUT2D eigenvalue weighted by molar-refractivity contribution is 5.92. The Hall–Kier alpha value is -2.44. The quantitative estimate of drug-likeness (QED) is 0.867. The number of carbonyl (C=O) groups excluding carboxylic acids is 1. The summed E-state index contributed by atoms with van der Waals surface area (Å²) in [7, 11) is 0. The Morgan fingerprint density at radius 2 is 2.15 bits per heavy atom. The predicted octanol–water partition coefficient (Wildman–Crippen LogP) is 0.916. The Morgan fingerprint density at radius 1 is 1.30 bits per heavy atom.